The third-order valence-electron chi connectivity index (χ3n) is 4.15. The Morgan fingerprint density at radius 2 is 2.05 bits per heavy atom. The van der Waals surface area contributed by atoms with Crippen LogP contribution in [0.2, 0.25) is 0 Å². The quantitative estimate of drug-likeness (QED) is 0.884. The minimum Gasteiger partial charge on any atom is -0.379 e. The minimum absolute atomic E-state index is 0.0685. The Bertz CT molecular complexity index is 393. The van der Waals surface area contributed by atoms with Crippen LogP contribution < -0.4 is 5.73 Å². The zero-order valence-electron chi connectivity index (χ0n) is 12.3. The summed E-state index contributed by atoms with van der Waals surface area (Å²) in [6, 6.07) is 11.3. The molecular formula is C16H26N2O. The molecule has 1 saturated heterocycles. The highest BCUT2D eigenvalue weighted by molar-refractivity contribution is 5.14. The van der Waals surface area contributed by atoms with E-state index >= 15 is 0 Å². The molecule has 19 heavy (non-hydrogen) atoms. The van der Waals surface area contributed by atoms with Crippen molar-refractivity contribution in [2.24, 2.45) is 11.1 Å². The molecule has 3 nitrogen and oxygen atoms in total. The van der Waals surface area contributed by atoms with Crippen LogP contribution in [0.15, 0.2) is 30.3 Å². The predicted molar refractivity (Wildman–Crippen MR) is 78.9 cm³/mol. The first-order valence-corrected chi connectivity index (χ1v) is 7.12. The smallest absolute Gasteiger partial charge is 0.0624 e. The van der Waals surface area contributed by atoms with Crippen molar-refractivity contribution in [3.8, 4) is 0 Å². The Hall–Kier alpha value is -0.900. The fourth-order valence-electron chi connectivity index (χ4n) is 2.59. The normalized spacial score (nSPS) is 27.4. The van der Waals surface area contributed by atoms with Gasteiger partial charge in [-0.05, 0) is 19.4 Å². The van der Waals surface area contributed by atoms with Crippen molar-refractivity contribution in [1.82, 2.24) is 4.90 Å². The fourth-order valence-corrected chi connectivity index (χ4v) is 2.59. The van der Waals surface area contributed by atoms with Gasteiger partial charge in [0.15, 0.2) is 0 Å². The number of ether oxygens (including phenoxy) is 1. The number of hydrogen-bond donors (Lipinski definition) is 1. The average molecular weight is 262 g/mol. The second-order valence-corrected chi connectivity index (χ2v) is 6.26. The molecule has 0 saturated carbocycles. The SMILES string of the molecule is CC(C)N(Cc1ccccc1)CC1(C)COCC1N. The summed E-state index contributed by atoms with van der Waals surface area (Å²) in [5.41, 5.74) is 7.63. The number of hydrogen-bond acceptors (Lipinski definition) is 3. The molecular weight excluding hydrogens is 236 g/mol. The lowest BCUT2D eigenvalue weighted by Gasteiger charge is -2.36. The van der Waals surface area contributed by atoms with E-state index in [-0.39, 0.29) is 11.5 Å². The van der Waals surface area contributed by atoms with Crippen molar-refractivity contribution in [3.63, 3.8) is 0 Å². The molecule has 1 fully saturated rings. The van der Waals surface area contributed by atoms with E-state index < -0.39 is 0 Å². The van der Waals surface area contributed by atoms with E-state index in [4.69, 9.17) is 10.5 Å². The van der Waals surface area contributed by atoms with Crippen LogP contribution in [0.1, 0.15) is 26.3 Å². The van der Waals surface area contributed by atoms with Gasteiger partial charge in [0.2, 0.25) is 0 Å². The summed E-state index contributed by atoms with van der Waals surface area (Å²) in [6.45, 7) is 10.1. The van der Waals surface area contributed by atoms with Gasteiger partial charge in [-0.2, -0.15) is 0 Å². The highest BCUT2D eigenvalue weighted by Gasteiger charge is 2.39. The Morgan fingerprint density at radius 1 is 1.37 bits per heavy atom. The molecule has 2 atom stereocenters. The van der Waals surface area contributed by atoms with E-state index in [1.165, 1.54) is 5.56 Å². The maximum Gasteiger partial charge on any atom is 0.0624 e. The van der Waals surface area contributed by atoms with Crippen LogP contribution in [0, 0.1) is 5.41 Å². The van der Waals surface area contributed by atoms with Gasteiger partial charge in [0, 0.05) is 30.6 Å². The van der Waals surface area contributed by atoms with Crippen molar-refractivity contribution in [1.29, 1.82) is 0 Å². The first kappa shape index (κ1) is 14.5. The molecule has 2 unspecified atom stereocenters. The van der Waals surface area contributed by atoms with Crippen LogP contribution in [0.25, 0.3) is 0 Å². The molecule has 106 valence electrons. The molecule has 1 aromatic carbocycles. The molecule has 1 heterocycles. The largest absolute Gasteiger partial charge is 0.379 e. The van der Waals surface area contributed by atoms with Crippen molar-refractivity contribution >= 4 is 0 Å². The standard InChI is InChI=1S/C16H26N2O/c1-13(2)18(9-14-7-5-4-6-8-14)11-16(3)12-19-10-15(16)17/h4-8,13,15H,9-12,17H2,1-3H3. The first-order valence-electron chi connectivity index (χ1n) is 7.12. The van der Waals surface area contributed by atoms with Gasteiger partial charge in [-0.25, -0.2) is 0 Å². The van der Waals surface area contributed by atoms with Crippen molar-refractivity contribution in [3.05, 3.63) is 35.9 Å². The lowest BCUT2D eigenvalue weighted by molar-refractivity contribution is 0.0972. The Balaban J connectivity index is 2.04. The van der Waals surface area contributed by atoms with Gasteiger partial charge in [-0.1, -0.05) is 37.3 Å². The van der Waals surface area contributed by atoms with E-state index in [0.717, 1.165) is 19.7 Å². The van der Waals surface area contributed by atoms with E-state index in [0.29, 0.717) is 12.6 Å². The molecule has 2 rings (SSSR count). The van der Waals surface area contributed by atoms with Gasteiger partial charge < -0.3 is 10.5 Å². The summed E-state index contributed by atoms with van der Waals surface area (Å²) < 4.78 is 5.55. The van der Waals surface area contributed by atoms with Crippen LogP contribution in [-0.2, 0) is 11.3 Å². The van der Waals surface area contributed by atoms with Gasteiger partial charge in [0.05, 0.1) is 13.2 Å². The van der Waals surface area contributed by atoms with Gasteiger partial charge in [0.1, 0.15) is 0 Å². The van der Waals surface area contributed by atoms with Crippen LogP contribution in [-0.4, -0.2) is 36.7 Å². The van der Waals surface area contributed by atoms with Crippen molar-refractivity contribution < 1.29 is 4.74 Å². The maximum atomic E-state index is 6.20. The van der Waals surface area contributed by atoms with Crippen molar-refractivity contribution in [2.45, 2.75) is 39.4 Å². The number of nitrogens with two attached hydrogens (primary N) is 1. The number of benzene rings is 1. The monoisotopic (exact) mass is 262 g/mol. The summed E-state index contributed by atoms with van der Waals surface area (Å²) in [6.07, 6.45) is 0. The lowest BCUT2D eigenvalue weighted by atomic mass is 9.85. The van der Waals surface area contributed by atoms with Crippen LogP contribution in [0.4, 0.5) is 0 Å². The van der Waals surface area contributed by atoms with Crippen LogP contribution >= 0.6 is 0 Å². The van der Waals surface area contributed by atoms with Crippen LogP contribution in [0.3, 0.4) is 0 Å². The Kier molecular flexibility index (Phi) is 4.61. The molecule has 2 N–H and O–H groups in total. The summed E-state index contributed by atoms with van der Waals surface area (Å²) in [5.74, 6) is 0. The molecule has 0 spiro atoms. The molecule has 0 aliphatic carbocycles. The predicted octanol–water partition coefficient (Wildman–Crippen LogP) is 2.26. The molecule has 0 bridgehead atoms. The van der Waals surface area contributed by atoms with Crippen LogP contribution in [0.5, 0.6) is 0 Å². The molecule has 0 amide bonds. The van der Waals surface area contributed by atoms with Gasteiger partial charge >= 0.3 is 0 Å². The molecule has 0 radical (unpaired) electrons. The molecule has 0 aromatic heterocycles. The highest BCUT2D eigenvalue weighted by Crippen LogP contribution is 2.29. The van der Waals surface area contributed by atoms with Crippen molar-refractivity contribution in [2.75, 3.05) is 19.8 Å². The lowest BCUT2D eigenvalue weighted by Crippen LogP contribution is -2.48. The highest BCUT2D eigenvalue weighted by atomic mass is 16.5. The topological polar surface area (TPSA) is 38.5 Å². The van der Waals surface area contributed by atoms with E-state index in [2.05, 4.69) is 56.0 Å². The number of nitrogens with zero attached hydrogens (tertiary/aromatic N) is 1. The fraction of sp³-hybridized carbons (Fsp3) is 0.625. The first-order chi connectivity index (χ1) is 9.01. The second-order valence-electron chi connectivity index (χ2n) is 6.26. The Morgan fingerprint density at radius 3 is 2.58 bits per heavy atom. The second kappa shape index (κ2) is 6.04. The summed E-state index contributed by atoms with van der Waals surface area (Å²) in [4.78, 5) is 2.49. The summed E-state index contributed by atoms with van der Waals surface area (Å²) >= 11 is 0. The zero-order chi connectivity index (χ0) is 13.9. The maximum absolute atomic E-state index is 6.20. The van der Waals surface area contributed by atoms with E-state index in [1.807, 2.05) is 0 Å². The third-order valence-corrected chi connectivity index (χ3v) is 4.15. The molecule has 1 aliphatic heterocycles. The molecule has 3 heteroatoms. The van der Waals surface area contributed by atoms with Gasteiger partial charge in [-0.3, -0.25) is 4.90 Å². The minimum atomic E-state index is 0.0685. The Labute approximate surface area is 116 Å². The van der Waals surface area contributed by atoms with E-state index in [9.17, 15) is 0 Å². The zero-order valence-corrected chi connectivity index (χ0v) is 12.3. The summed E-state index contributed by atoms with van der Waals surface area (Å²) in [7, 11) is 0. The summed E-state index contributed by atoms with van der Waals surface area (Å²) in [5, 5.41) is 0. The van der Waals surface area contributed by atoms with Gasteiger partial charge in [0.25, 0.3) is 0 Å². The number of rotatable bonds is 5. The third kappa shape index (κ3) is 3.56. The molecule has 1 aliphatic rings. The van der Waals surface area contributed by atoms with Gasteiger partial charge in [-0.15, -0.1) is 0 Å². The van der Waals surface area contributed by atoms with E-state index in [1.54, 1.807) is 0 Å². The average Bonchev–Trinajstić information content (AvgIpc) is 2.70. The molecule has 1 aromatic rings.